The number of nitrogens with zero attached hydrogens (tertiary/aromatic N) is 2. The van der Waals surface area contributed by atoms with Crippen molar-refractivity contribution in [1.29, 1.82) is 0 Å². The average Bonchev–Trinajstić information content (AvgIpc) is 3.09. The van der Waals surface area contributed by atoms with Crippen molar-refractivity contribution < 1.29 is 9.53 Å². The van der Waals surface area contributed by atoms with Gasteiger partial charge < -0.3 is 4.74 Å². The second kappa shape index (κ2) is 8.71. The fourth-order valence-electron chi connectivity index (χ4n) is 3.73. The lowest BCUT2D eigenvalue weighted by Crippen LogP contribution is -2.24. The summed E-state index contributed by atoms with van der Waals surface area (Å²) in [7, 11) is 0. The summed E-state index contributed by atoms with van der Waals surface area (Å²) in [6.07, 6.45) is 1.53. The lowest BCUT2D eigenvalue weighted by Gasteiger charge is -2.10. The number of carbonyl (C=O) groups excluding carboxylic acids is 1. The molecule has 0 amide bonds. The zero-order valence-corrected chi connectivity index (χ0v) is 19.7. The summed E-state index contributed by atoms with van der Waals surface area (Å²) >= 11 is 1.50. The number of aryl methyl sites for hydroxylation is 3. The van der Waals surface area contributed by atoms with Crippen LogP contribution in [0.15, 0.2) is 53.6 Å². The van der Waals surface area contributed by atoms with Crippen LogP contribution in [-0.2, 0) is 6.54 Å². The molecule has 6 heteroatoms. The Hall–Kier alpha value is -3.25. The fourth-order valence-corrected chi connectivity index (χ4v) is 4.74. The van der Waals surface area contributed by atoms with Crippen molar-refractivity contribution in [3.8, 4) is 16.9 Å². The summed E-state index contributed by atoms with van der Waals surface area (Å²) in [6, 6.07) is 13.2. The molecule has 0 aliphatic rings. The molecule has 0 fully saturated rings. The Bertz CT molecular complexity index is 1360. The van der Waals surface area contributed by atoms with Gasteiger partial charge in [-0.05, 0) is 75.6 Å². The number of carbonyl (C=O) groups is 1. The summed E-state index contributed by atoms with van der Waals surface area (Å²) in [5.74, 6) is 0.563. The SMILES string of the molecule is Cc1ccc(-c2c(C)sc3ncn(CC(=O)c4ccc(OC(C)C)cc4)c(=O)c23)cc1C. The summed E-state index contributed by atoms with van der Waals surface area (Å²) in [6.45, 7) is 9.98. The molecule has 32 heavy (non-hydrogen) atoms. The van der Waals surface area contributed by atoms with Crippen molar-refractivity contribution in [2.75, 3.05) is 0 Å². The highest BCUT2D eigenvalue weighted by molar-refractivity contribution is 7.19. The second-order valence-electron chi connectivity index (χ2n) is 8.30. The van der Waals surface area contributed by atoms with Gasteiger partial charge in [-0.15, -0.1) is 11.3 Å². The monoisotopic (exact) mass is 446 g/mol. The first-order chi connectivity index (χ1) is 15.2. The predicted octanol–water partition coefficient (Wildman–Crippen LogP) is 5.72. The number of hydrogen-bond acceptors (Lipinski definition) is 5. The Labute approximate surface area is 191 Å². The molecule has 0 N–H and O–H groups in total. The minimum Gasteiger partial charge on any atom is -0.491 e. The highest BCUT2D eigenvalue weighted by Gasteiger charge is 2.18. The molecule has 4 rings (SSSR count). The molecule has 0 atom stereocenters. The number of fused-ring (bicyclic) bond motifs is 1. The Morgan fingerprint density at radius 1 is 1.06 bits per heavy atom. The van der Waals surface area contributed by atoms with E-state index in [1.807, 2.05) is 26.8 Å². The fraction of sp³-hybridized carbons (Fsp3) is 0.269. The molecule has 0 saturated heterocycles. The van der Waals surface area contributed by atoms with Crippen LogP contribution in [0.25, 0.3) is 21.3 Å². The van der Waals surface area contributed by atoms with Crippen LogP contribution in [0.4, 0.5) is 0 Å². The minimum absolute atomic E-state index is 0.0621. The van der Waals surface area contributed by atoms with Gasteiger partial charge in [0, 0.05) is 16.0 Å². The molecule has 0 bridgehead atoms. The third-order valence-electron chi connectivity index (χ3n) is 5.51. The number of rotatable bonds is 6. The van der Waals surface area contributed by atoms with Crippen LogP contribution in [0.3, 0.4) is 0 Å². The molecule has 0 aliphatic heterocycles. The molecule has 0 saturated carbocycles. The summed E-state index contributed by atoms with van der Waals surface area (Å²) in [4.78, 5) is 32.5. The van der Waals surface area contributed by atoms with Gasteiger partial charge in [-0.2, -0.15) is 0 Å². The maximum atomic E-state index is 13.4. The molecule has 0 unspecified atom stereocenters. The van der Waals surface area contributed by atoms with Gasteiger partial charge in [-0.25, -0.2) is 4.98 Å². The van der Waals surface area contributed by atoms with Crippen molar-refractivity contribution in [3.63, 3.8) is 0 Å². The van der Waals surface area contributed by atoms with Gasteiger partial charge in [0.15, 0.2) is 5.78 Å². The Balaban J connectivity index is 1.70. The molecule has 0 spiro atoms. The smallest absolute Gasteiger partial charge is 0.263 e. The molecular weight excluding hydrogens is 420 g/mol. The molecule has 5 nitrogen and oxygen atoms in total. The highest BCUT2D eigenvalue weighted by Crippen LogP contribution is 2.36. The van der Waals surface area contributed by atoms with Crippen molar-refractivity contribution in [2.45, 2.75) is 47.3 Å². The number of ketones is 1. The van der Waals surface area contributed by atoms with Crippen LogP contribution in [0.1, 0.15) is 40.2 Å². The maximum Gasteiger partial charge on any atom is 0.263 e. The Morgan fingerprint density at radius 2 is 1.78 bits per heavy atom. The largest absolute Gasteiger partial charge is 0.491 e. The standard InChI is InChI=1S/C26H26N2O3S/c1-15(2)31-21-10-8-19(9-11-21)22(29)13-28-14-27-25-24(26(28)30)23(18(5)32-25)20-7-6-16(3)17(4)12-20/h6-12,14-15H,13H2,1-5H3. The van der Waals surface area contributed by atoms with E-state index in [2.05, 4.69) is 31.0 Å². The number of thiophene rings is 1. The summed E-state index contributed by atoms with van der Waals surface area (Å²) < 4.78 is 7.04. The molecule has 0 aliphatic carbocycles. The van der Waals surface area contributed by atoms with E-state index in [4.69, 9.17) is 4.74 Å². The van der Waals surface area contributed by atoms with E-state index in [0.29, 0.717) is 21.5 Å². The lowest BCUT2D eigenvalue weighted by molar-refractivity contribution is 0.0970. The molecule has 2 heterocycles. The van der Waals surface area contributed by atoms with Crippen LogP contribution in [0, 0.1) is 20.8 Å². The quantitative estimate of drug-likeness (QED) is 0.355. The summed E-state index contributed by atoms with van der Waals surface area (Å²) in [5, 5.41) is 0.576. The van der Waals surface area contributed by atoms with Crippen LogP contribution >= 0.6 is 11.3 Å². The second-order valence-corrected chi connectivity index (χ2v) is 9.51. The molecule has 4 aromatic rings. The molecule has 2 aromatic carbocycles. The van der Waals surface area contributed by atoms with Gasteiger partial charge in [0.2, 0.25) is 0 Å². The molecule has 0 radical (unpaired) electrons. The van der Waals surface area contributed by atoms with E-state index in [0.717, 1.165) is 16.0 Å². The van der Waals surface area contributed by atoms with Gasteiger partial charge >= 0.3 is 0 Å². The van der Waals surface area contributed by atoms with E-state index < -0.39 is 0 Å². The molecular formula is C26H26N2O3S. The Kier molecular flexibility index (Phi) is 5.98. The first-order valence-corrected chi connectivity index (χ1v) is 11.4. The average molecular weight is 447 g/mol. The van der Waals surface area contributed by atoms with Crippen LogP contribution in [0.5, 0.6) is 5.75 Å². The zero-order valence-electron chi connectivity index (χ0n) is 18.9. The summed E-state index contributed by atoms with van der Waals surface area (Å²) in [5.41, 5.74) is 4.62. The van der Waals surface area contributed by atoms with Crippen LogP contribution < -0.4 is 10.3 Å². The first-order valence-electron chi connectivity index (χ1n) is 10.6. The van der Waals surface area contributed by atoms with Crippen molar-refractivity contribution in [2.24, 2.45) is 0 Å². The van der Waals surface area contributed by atoms with E-state index in [9.17, 15) is 9.59 Å². The third-order valence-corrected chi connectivity index (χ3v) is 6.53. The molecule has 164 valence electrons. The number of benzene rings is 2. The van der Waals surface area contributed by atoms with Gasteiger partial charge in [-0.3, -0.25) is 14.2 Å². The maximum absolute atomic E-state index is 13.4. The van der Waals surface area contributed by atoms with E-state index >= 15 is 0 Å². The van der Waals surface area contributed by atoms with Gasteiger partial charge in [0.25, 0.3) is 5.56 Å². The number of ether oxygens (including phenoxy) is 1. The van der Waals surface area contributed by atoms with E-state index in [1.165, 1.54) is 33.4 Å². The van der Waals surface area contributed by atoms with Crippen molar-refractivity contribution in [3.05, 3.63) is 80.7 Å². The van der Waals surface area contributed by atoms with Gasteiger partial charge in [0.05, 0.1) is 24.4 Å². The first kappa shape index (κ1) is 22.0. The zero-order chi connectivity index (χ0) is 23.0. The Morgan fingerprint density at radius 3 is 2.44 bits per heavy atom. The van der Waals surface area contributed by atoms with Crippen LogP contribution in [0.2, 0.25) is 0 Å². The van der Waals surface area contributed by atoms with E-state index in [1.54, 1.807) is 24.3 Å². The van der Waals surface area contributed by atoms with E-state index in [-0.39, 0.29) is 24.0 Å². The minimum atomic E-state index is -0.194. The topological polar surface area (TPSA) is 61.2 Å². The number of aromatic nitrogens is 2. The number of Topliss-reactive ketones (excluding diaryl/α,β-unsaturated/α-hetero) is 1. The number of hydrogen-bond donors (Lipinski definition) is 0. The normalized spacial score (nSPS) is 11.3. The highest BCUT2D eigenvalue weighted by atomic mass is 32.1. The van der Waals surface area contributed by atoms with Gasteiger partial charge in [-0.1, -0.05) is 18.2 Å². The molecule has 2 aromatic heterocycles. The van der Waals surface area contributed by atoms with Gasteiger partial charge in [0.1, 0.15) is 10.6 Å². The lowest BCUT2D eigenvalue weighted by atomic mass is 9.99. The van der Waals surface area contributed by atoms with Crippen molar-refractivity contribution >= 4 is 27.3 Å². The third kappa shape index (κ3) is 4.23. The predicted molar refractivity (Wildman–Crippen MR) is 130 cm³/mol. The van der Waals surface area contributed by atoms with Crippen LogP contribution in [-0.4, -0.2) is 21.4 Å². The van der Waals surface area contributed by atoms with Crippen molar-refractivity contribution in [1.82, 2.24) is 9.55 Å².